The summed E-state index contributed by atoms with van der Waals surface area (Å²) >= 11 is 3.36. The van der Waals surface area contributed by atoms with Crippen molar-refractivity contribution in [1.29, 1.82) is 0 Å². The largest absolute Gasteiger partial charge is 0.377 e. The van der Waals surface area contributed by atoms with Crippen molar-refractivity contribution in [3.63, 3.8) is 0 Å². The van der Waals surface area contributed by atoms with E-state index in [1.807, 2.05) is 43.3 Å². The molecule has 3 aromatic rings. The number of amides is 3. The lowest BCUT2D eigenvalue weighted by Crippen LogP contribution is -2.26. The van der Waals surface area contributed by atoms with Gasteiger partial charge in [-0.2, -0.15) is 0 Å². The summed E-state index contributed by atoms with van der Waals surface area (Å²) < 4.78 is 0.926. The SMILES string of the molecule is CN(C)c1ccc(NC(=O)Nc2ccc(Br)cc2)cc1C(=O)NCc1cccnc1. The fourth-order valence-electron chi connectivity index (χ4n) is 2.79. The number of nitrogens with one attached hydrogen (secondary N) is 3. The molecule has 30 heavy (non-hydrogen) atoms. The number of halogens is 1. The number of benzene rings is 2. The van der Waals surface area contributed by atoms with Crippen LogP contribution in [0.15, 0.2) is 71.5 Å². The molecular weight excluding hydrogens is 446 g/mol. The minimum absolute atomic E-state index is 0.237. The van der Waals surface area contributed by atoms with Crippen molar-refractivity contribution >= 4 is 44.9 Å². The van der Waals surface area contributed by atoms with E-state index in [0.717, 1.165) is 15.7 Å². The second kappa shape index (κ2) is 9.89. The third-order valence-corrected chi connectivity index (χ3v) is 4.79. The van der Waals surface area contributed by atoms with E-state index < -0.39 is 6.03 Å². The Balaban J connectivity index is 1.72. The molecule has 0 aliphatic carbocycles. The van der Waals surface area contributed by atoms with Crippen LogP contribution in [0.5, 0.6) is 0 Å². The van der Waals surface area contributed by atoms with Gasteiger partial charge in [0, 0.05) is 54.6 Å². The number of rotatable bonds is 6. The molecule has 0 atom stereocenters. The summed E-state index contributed by atoms with van der Waals surface area (Å²) in [5.74, 6) is -0.237. The maximum Gasteiger partial charge on any atom is 0.323 e. The van der Waals surface area contributed by atoms with Crippen LogP contribution in [0.2, 0.25) is 0 Å². The highest BCUT2D eigenvalue weighted by molar-refractivity contribution is 9.10. The van der Waals surface area contributed by atoms with Crippen molar-refractivity contribution < 1.29 is 9.59 Å². The Morgan fingerprint density at radius 2 is 1.70 bits per heavy atom. The molecule has 0 aliphatic heterocycles. The number of aromatic nitrogens is 1. The van der Waals surface area contributed by atoms with Crippen molar-refractivity contribution in [2.75, 3.05) is 29.6 Å². The molecule has 0 aliphatic rings. The van der Waals surface area contributed by atoms with E-state index in [9.17, 15) is 9.59 Å². The first-order valence-electron chi connectivity index (χ1n) is 9.24. The lowest BCUT2D eigenvalue weighted by atomic mass is 10.1. The number of urea groups is 1. The predicted molar refractivity (Wildman–Crippen MR) is 123 cm³/mol. The Morgan fingerprint density at radius 1 is 1.00 bits per heavy atom. The summed E-state index contributed by atoms with van der Waals surface area (Å²) in [4.78, 5) is 31.0. The summed E-state index contributed by atoms with van der Waals surface area (Å²) in [5, 5.41) is 8.43. The number of anilines is 3. The monoisotopic (exact) mass is 467 g/mol. The number of hydrogen-bond acceptors (Lipinski definition) is 4. The smallest absolute Gasteiger partial charge is 0.323 e. The molecule has 3 rings (SSSR count). The molecule has 0 unspecified atom stereocenters. The van der Waals surface area contributed by atoms with E-state index in [4.69, 9.17) is 0 Å². The number of carbonyl (C=O) groups excluding carboxylic acids is 2. The summed E-state index contributed by atoms with van der Waals surface area (Å²) in [6, 6.07) is 15.8. The van der Waals surface area contributed by atoms with Crippen LogP contribution in [0.25, 0.3) is 0 Å². The normalized spacial score (nSPS) is 10.2. The van der Waals surface area contributed by atoms with Crippen LogP contribution in [0.4, 0.5) is 21.9 Å². The van der Waals surface area contributed by atoms with Crippen LogP contribution in [0, 0.1) is 0 Å². The van der Waals surface area contributed by atoms with Crippen LogP contribution in [-0.4, -0.2) is 31.0 Å². The van der Waals surface area contributed by atoms with Crippen molar-refractivity contribution in [2.24, 2.45) is 0 Å². The Kier molecular flexibility index (Phi) is 7.03. The third-order valence-electron chi connectivity index (χ3n) is 4.26. The predicted octanol–water partition coefficient (Wildman–Crippen LogP) is 4.48. The lowest BCUT2D eigenvalue weighted by Gasteiger charge is -2.18. The average Bonchev–Trinajstić information content (AvgIpc) is 2.74. The second-order valence-electron chi connectivity index (χ2n) is 6.76. The van der Waals surface area contributed by atoms with Crippen LogP contribution in [-0.2, 0) is 6.54 Å². The zero-order valence-electron chi connectivity index (χ0n) is 16.6. The van der Waals surface area contributed by atoms with E-state index in [2.05, 4.69) is 36.9 Å². The Morgan fingerprint density at radius 3 is 2.37 bits per heavy atom. The van der Waals surface area contributed by atoms with Gasteiger partial charge in [0.15, 0.2) is 0 Å². The molecule has 0 bridgehead atoms. The first-order valence-corrected chi connectivity index (χ1v) is 10.0. The van der Waals surface area contributed by atoms with Gasteiger partial charge in [0.25, 0.3) is 5.91 Å². The van der Waals surface area contributed by atoms with E-state index in [0.29, 0.717) is 23.5 Å². The van der Waals surface area contributed by atoms with Gasteiger partial charge in [-0.05, 0) is 54.1 Å². The molecule has 8 heteroatoms. The number of carbonyl (C=O) groups is 2. The summed E-state index contributed by atoms with van der Waals surface area (Å²) in [6.45, 7) is 0.362. The van der Waals surface area contributed by atoms with Gasteiger partial charge in [-0.15, -0.1) is 0 Å². The second-order valence-corrected chi connectivity index (χ2v) is 7.67. The van der Waals surface area contributed by atoms with Gasteiger partial charge in [-0.1, -0.05) is 22.0 Å². The molecule has 7 nitrogen and oxygen atoms in total. The van der Waals surface area contributed by atoms with Crippen molar-refractivity contribution in [1.82, 2.24) is 10.3 Å². The van der Waals surface area contributed by atoms with E-state index in [1.54, 1.807) is 42.7 Å². The summed E-state index contributed by atoms with van der Waals surface area (Å²) in [6.07, 6.45) is 3.39. The fraction of sp³-hybridized carbons (Fsp3) is 0.136. The van der Waals surface area contributed by atoms with Gasteiger partial charge in [-0.25, -0.2) is 4.79 Å². The lowest BCUT2D eigenvalue weighted by molar-refractivity contribution is 0.0951. The molecule has 0 saturated carbocycles. The highest BCUT2D eigenvalue weighted by atomic mass is 79.9. The quantitative estimate of drug-likeness (QED) is 0.498. The van der Waals surface area contributed by atoms with Crippen molar-refractivity contribution in [2.45, 2.75) is 6.54 Å². The Bertz CT molecular complexity index is 1020. The Labute approximate surface area is 183 Å². The van der Waals surface area contributed by atoms with Crippen LogP contribution in [0.1, 0.15) is 15.9 Å². The minimum atomic E-state index is -0.392. The highest BCUT2D eigenvalue weighted by Crippen LogP contribution is 2.23. The van der Waals surface area contributed by atoms with E-state index in [1.165, 1.54) is 0 Å². The molecule has 0 radical (unpaired) electrons. The van der Waals surface area contributed by atoms with Crippen LogP contribution < -0.4 is 20.9 Å². The van der Waals surface area contributed by atoms with Gasteiger partial charge >= 0.3 is 6.03 Å². The molecule has 0 spiro atoms. The van der Waals surface area contributed by atoms with Crippen molar-refractivity contribution in [3.8, 4) is 0 Å². The van der Waals surface area contributed by atoms with E-state index in [-0.39, 0.29) is 5.91 Å². The molecule has 2 aromatic carbocycles. The van der Waals surface area contributed by atoms with Crippen LogP contribution >= 0.6 is 15.9 Å². The minimum Gasteiger partial charge on any atom is -0.377 e. The number of hydrogen-bond donors (Lipinski definition) is 3. The first-order chi connectivity index (χ1) is 14.4. The van der Waals surface area contributed by atoms with E-state index >= 15 is 0 Å². The van der Waals surface area contributed by atoms with Gasteiger partial charge in [0.1, 0.15) is 0 Å². The standard InChI is InChI=1S/C22H22BrN5O2/c1-28(2)20-10-9-18(27-22(30)26-17-7-5-16(23)6-8-17)12-19(20)21(29)25-14-15-4-3-11-24-13-15/h3-13H,14H2,1-2H3,(H,25,29)(H2,26,27,30). The number of pyridine rings is 1. The van der Waals surface area contributed by atoms with Gasteiger partial charge in [0.2, 0.25) is 0 Å². The number of nitrogens with zero attached hydrogens (tertiary/aromatic N) is 2. The molecule has 1 heterocycles. The summed E-state index contributed by atoms with van der Waals surface area (Å²) in [5.41, 5.74) is 3.29. The zero-order chi connectivity index (χ0) is 21.5. The third kappa shape index (κ3) is 5.81. The highest BCUT2D eigenvalue weighted by Gasteiger charge is 2.15. The van der Waals surface area contributed by atoms with Crippen molar-refractivity contribution in [3.05, 3.63) is 82.6 Å². The molecule has 0 saturated heterocycles. The molecule has 154 valence electrons. The molecule has 3 N–H and O–H groups in total. The average molecular weight is 468 g/mol. The van der Waals surface area contributed by atoms with Gasteiger partial charge in [-0.3, -0.25) is 9.78 Å². The molecule has 0 fully saturated rings. The van der Waals surface area contributed by atoms with Crippen LogP contribution in [0.3, 0.4) is 0 Å². The molecule has 3 amide bonds. The maximum absolute atomic E-state index is 12.8. The molecular formula is C22H22BrN5O2. The maximum atomic E-state index is 12.8. The Hall–Kier alpha value is -3.39. The summed E-state index contributed by atoms with van der Waals surface area (Å²) in [7, 11) is 3.72. The van der Waals surface area contributed by atoms with Gasteiger partial charge in [0.05, 0.1) is 5.56 Å². The zero-order valence-corrected chi connectivity index (χ0v) is 18.2. The fourth-order valence-corrected chi connectivity index (χ4v) is 3.06. The molecule has 1 aromatic heterocycles. The first kappa shape index (κ1) is 21.3. The van der Waals surface area contributed by atoms with Gasteiger partial charge < -0.3 is 20.9 Å². The topological polar surface area (TPSA) is 86.4 Å².